The number of carbonyl (C=O) groups excluding carboxylic acids is 2. The molecule has 2 N–H and O–H groups in total. The smallest absolute Gasteiger partial charge is 0.321 e. The Labute approximate surface area is 140 Å². The first-order valence-electron chi connectivity index (χ1n) is 8.18. The minimum absolute atomic E-state index is 0.136. The van der Waals surface area contributed by atoms with E-state index in [0.717, 1.165) is 5.69 Å². The van der Waals surface area contributed by atoms with Crippen LogP contribution < -0.4 is 10.2 Å². The number of rotatable bonds is 3. The number of nitrogens with zero attached hydrogens (tertiary/aromatic N) is 2. The third kappa shape index (κ3) is 2.93. The number of hydrogen-bond donors (Lipinski definition) is 2. The fourth-order valence-corrected chi connectivity index (χ4v) is 3.43. The molecule has 0 bridgehead atoms. The Kier molecular flexibility index (Phi) is 4.42. The van der Waals surface area contributed by atoms with Crippen molar-refractivity contribution in [2.24, 2.45) is 5.92 Å². The number of amides is 3. The molecular weight excluding hydrogens is 310 g/mol. The van der Waals surface area contributed by atoms with Gasteiger partial charge in [0.2, 0.25) is 0 Å². The maximum absolute atomic E-state index is 12.7. The topological polar surface area (TPSA) is 89.9 Å². The molecule has 2 aliphatic rings. The molecule has 1 aromatic rings. The monoisotopic (exact) mass is 331 g/mol. The molecule has 2 saturated heterocycles. The summed E-state index contributed by atoms with van der Waals surface area (Å²) in [7, 11) is 0. The Balaban J connectivity index is 1.75. The van der Waals surface area contributed by atoms with Crippen molar-refractivity contribution in [3.8, 4) is 0 Å². The predicted molar refractivity (Wildman–Crippen MR) is 88.0 cm³/mol. The van der Waals surface area contributed by atoms with E-state index in [4.69, 9.17) is 0 Å². The molecule has 2 heterocycles. The molecule has 128 valence electrons. The molecular formula is C17H21N3O4. The van der Waals surface area contributed by atoms with E-state index in [9.17, 15) is 19.5 Å². The maximum atomic E-state index is 12.7. The first-order chi connectivity index (χ1) is 11.5. The summed E-state index contributed by atoms with van der Waals surface area (Å²) in [4.78, 5) is 39.0. The van der Waals surface area contributed by atoms with Gasteiger partial charge in [0.05, 0.1) is 5.92 Å². The molecule has 0 spiro atoms. The van der Waals surface area contributed by atoms with E-state index in [2.05, 4.69) is 5.32 Å². The van der Waals surface area contributed by atoms with Gasteiger partial charge in [-0.2, -0.15) is 0 Å². The van der Waals surface area contributed by atoms with Crippen LogP contribution in [0.5, 0.6) is 0 Å². The SMILES string of the molecule is C[C@@H]1[C@H](C(=O)O)CCCN1C(=O)c1ccc(N2CCNC2=O)cc1. The van der Waals surface area contributed by atoms with Crippen LogP contribution in [0.15, 0.2) is 24.3 Å². The van der Waals surface area contributed by atoms with Crippen molar-refractivity contribution in [1.82, 2.24) is 10.2 Å². The number of anilines is 1. The lowest BCUT2D eigenvalue weighted by atomic mass is 9.90. The van der Waals surface area contributed by atoms with Crippen LogP contribution in [-0.4, -0.2) is 53.6 Å². The van der Waals surface area contributed by atoms with Crippen LogP contribution in [-0.2, 0) is 4.79 Å². The Morgan fingerprint density at radius 1 is 1.21 bits per heavy atom. The summed E-state index contributed by atoms with van der Waals surface area (Å²) in [5.74, 6) is -1.53. The number of nitrogens with one attached hydrogen (secondary N) is 1. The maximum Gasteiger partial charge on any atom is 0.321 e. The van der Waals surface area contributed by atoms with Gasteiger partial charge in [0.15, 0.2) is 0 Å². The molecule has 3 rings (SSSR count). The van der Waals surface area contributed by atoms with Crippen molar-refractivity contribution in [3.63, 3.8) is 0 Å². The van der Waals surface area contributed by atoms with Gasteiger partial charge < -0.3 is 15.3 Å². The number of carboxylic acid groups (broad SMARTS) is 1. The predicted octanol–water partition coefficient (Wildman–Crippen LogP) is 1.54. The highest BCUT2D eigenvalue weighted by molar-refractivity contribution is 5.97. The minimum Gasteiger partial charge on any atom is -0.481 e. The van der Waals surface area contributed by atoms with Crippen molar-refractivity contribution in [1.29, 1.82) is 0 Å². The second kappa shape index (κ2) is 6.51. The van der Waals surface area contributed by atoms with Gasteiger partial charge in [0.1, 0.15) is 0 Å². The van der Waals surface area contributed by atoms with E-state index in [1.54, 1.807) is 41.0 Å². The average Bonchev–Trinajstić information content (AvgIpc) is 3.00. The standard InChI is InChI=1S/C17H21N3O4/c1-11-14(16(22)23)3-2-9-19(11)15(21)12-4-6-13(7-5-12)20-10-8-18-17(20)24/h4-7,11,14H,2-3,8-10H2,1H3,(H,18,24)(H,22,23)/t11-,14-/m1/s1. The molecule has 7 nitrogen and oxygen atoms in total. The Bertz CT molecular complexity index is 658. The van der Waals surface area contributed by atoms with Crippen LogP contribution in [0.1, 0.15) is 30.1 Å². The first-order valence-corrected chi connectivity index (χ1v) is 8.18. The van der Waals surface area contributed by atoms with Gasteiger partial charge in [-0.05, 0) is 44.0 Å². The largest absolute Gasteiger partial charge is 0.481 e. The van der Waals surface area contributed by atoms with Crippen LogP contribution in [0.2, 0.25) is 0 Å². The van der Waals surface area contributed by atoms with Crippen LogP contribution in [0.4, 0.5) is 10.5 Å². The van der Waals surface area contributed by atoms with E-state index in [-0.39, 0.29) is 18.0 Å². The van der Waals surface area contributed by atoms with Crippen molar-refractivity contribution in [3.05, 3.63) is 29.8 Å². The fourth-order valence-electron chi connectivity index (χ4n) is 3.43. The summed E-state index contributed by atoms with van der Waals surface area (Å²) in [6, 6.07) is 6.43. The van der Waals surface area contributed by atoms with Gasteiger partial charge in [0, 0.05) is 36.9 Å². The zero-order chi connectivity index (χ0) is 17.3. The number of aliphatic carboxylic acids is 1. The van der Waals surface area contributed by atoms with Crippen LogP contribution >= 0.6 is 0 Å². The highest BCUT2D eigenvalue weighted by Gasteiger charge is 2.35. The Morgan fingerprint density at radius 3 is 2.50 bits per heavy atom. The Morgan fingerprint density at radius 2 is 1.92 bits per heavy atom. The number of urea groups is 1. The average molecular weight is 331 g/mol. The van der Waals surface area contributed by atoms with Gasteiger partial charge in [-0.3, -0.25) is 14.5 Å². The van der Waals surface area contributed by atoms with Crippen molar-refractivity contribution >= 4 is 23.6 Å². The van der Waals surface area contributed by atoms with Gasteiger partial charge >= 0.3 is 12.0 Å². The van der Waals surface area contributed by atoms with E-state index in [1.165, 1.54) is 0 Å². The summed E-state index contributed by atoms with van der Waals surface area (Å²) < 4.78 is 0. The van der Waals surface area contributed by atoms with Crippen molar-refractivity contribution < 1.29 is 19.5 Å². The molecule has 0 saturated carbocycles. The summed E-state index contributed by atoms with van der Waals surface area (Å²) >= 11 is 0. The molecule has 0 aliphatic carbocycles. The third-order valence-corrected chi connectivity index (χ3v) is 4.85. The summed E-state index contributed by atoms with van der Waals surface area (Å²) in [5.41, 5.74) is 1.26. The molecule has 3 amide bonds. The summed E-state index contributed by atoms with van der Waals surface area (Å²) in [5, 5.41) is 12.0. The fraction of sp³-hybridized carbons (Fsp3) is 0.471. The highest BCUT2D eigenvalue weighted by atomic mass is 16.4. The number of hydrogen-bond acceptors (Lipinski definition) is 3. The van der Waals surface area contributed by atoms with Crippen molar-refractivity contribution in [2.75, 3.05) is 24.5 Å². The normalized spacial score (nSPS) is 24.0. The van der Waals surface area contributed by atoms with Gasteiger partial charge in [-0.25, -0.2) is 4.79 Å². The zero-order valence-corrected chi connectivity index (χ0v) is 13.6. The molecule has 2 fully saturated rings. The lowest BCUT2D eigenvalue weighted by molar-refractivity contribution is -0.144. The molecule has 2 aliphatic heterocycles. The van der Waals surface area contributed by atoms with E-state index in [0.29, 0.717) is 38.0 Å². The second-order valence-corrected chi connectivity index (χ2v) is 6.26. The lowest BCUT2D eigenvalue weighted by Crippen LogP contribution is -2.49. The molecule has 24 heavy (non-hydrogen) atoms. The molecule has 0 radical (unpaired) electrons. The van der Waals surface area contributed by atoms with Gasteiger partial charge in [-0.15, -0.1) is 0 Å². The van der Waals surface area contributed by atoms with E-state index < -0.39 is 11.9 Å². The van der Waals surface area contributed by atoms with Crippen LogP contribution in [0.25, 0.3) is 0 Å². The van der Waals surface area contributed by atoms with E-state index >= 15 is 0 Å². The van der Waals surface area contributed by atoms with Gasteiger partial charge in [-0.1, -0.05) is 0 Å². The quantitative estimate of drug-likeness (QED) is 0.879. The van der Waals surface area contributed by atoms with Crippen LogP contribution in [0, 0.1) is 5.92 Å². The second-order valence-electron chi connectivity index (χ2n) is 6.26. The molecule has 0 aromatic heterocycles. The Hall–Kier alpha value is -2.57. The van der Waals surface area contributed by atoms with Gasteiger partial charge in [0.25, 0.3) is 5.91 Å². The van der Waals surface area contributed by atoms with Crippen molar-refractivity contribution in [2.45, 2.75) is 25.8 Å². The number of likely N-dealkylation sites (tertiary alicyclic amines) is 1. The van der Waals surface area contributed by atoms with Crippen LogP contribution in [0.3, 0.4) is 0 Å². The van der Waals surface area contributed by atoms with E-state index in [1.807, 2.05) is 0 Å². The molecule has 0 unspecified atom stereocenters. The molecule has 1 aromatic carbocycles. The number of benzene rings is 1. The molecule has 7 heteroatoms. The zero-order valence-electron chi connectivity index (χ0n) is 13.6. The summed E-state index contributed by atoms with van der Waals surface area (Å²) in [6.07, 6.45) is 1.29. The highest BCUT2D eigenvalue weighted by Crippen LogP contribution is 2.26. The summed E-state index contributed by atoms with van der Waals surface area (Å²) in [6.45, 7) is 3.58. The minimum atomic E-state index is -0.851. The number of piperidine rings is 1. The third-order valence-electron chi connectivity index (χ3n) is 4.85. The molecule has 2 atom stereocenters. The lowest BCUT2D eigenvalue weighted by Gasteiger charge is -2.37. The number of carboxylic acids is 1. The first kappa shape index (κ1) is 16.3. The number of carbonyl (C=O) groups is 3.